The van der Waals surface area contributed by atoms with Crippen molar-refractivity contribution in [3.8, 4) is 0 Å². The maximum absolute atomic E-state index is 12.1. The van der Waals surface area contributed by atoms with E-state index >= 15 is 0 Å². The molecule has 0 aliphatic carbocycles. The van der Waals surface area contributed by atoms with Gasteiger partial charge in [0, 0.05) is 0 Å². The molecular formula is C21H51F2NO6SSe6. The van der Waals surface area contributed by atoms with Crippen molar-refractivity contribution < 1.29 is 31.8 Å². The Kier molecular flexibility index (Phi) is 39.3. The topological polar surface area (TPSA) is 107 Å². The van der Waals surface area contributed by atoms with Gasteiger partial charge in [-0.1, -0.05) is 0 Å². The molecule has 0 aromatic carbocycles. The van der Waals surface area contributed by atoms with Gasteiger partial charge < -0.3 is 0 Å². The molecule has 0 rings (SSSR count). The van der Waals surface area contributed by atoms with Gasteiger partial charge in [0.05, 0.1) is 0 Å². The van der Waals surface area contributed by atoms with Gasteiger partial charge in [-0.25, -0.2) is 0 Å². The standard InChI is InChI=1S/C5H10F2OSe.C4H11NOSe.C4H10O2Se.C4H10OSSe.C4H10OSe2/c1-4(2)9(8)5(3,6)7;1-4(2)7(6)5-3;3*1-4(2)7(5)6-3/h4H,1-3H3;4-5H,1-3H3;3*4H,1-3H3. The zero-order chi connectivity index (χ0) is 31.1. The Morgan fingerprint density at radius 1 is 0.784 bits per heavy atom. The van der Waals surface area contributed by atoms with Crippen LogP contribution in [0.25, 0.3) is 0 Å². The van der Waals surface area contributed by atoms with Gasteiger partial charge in [-0.3, -0.25) is 0 Å². The summed E-state index contributed by atoms with van der Waals surface area (Å²) in [7, 11) is 4.72. The SMILES string of the molecule is CC(C)[Se](=O)C(C)(F)F.CN[Se](=O)C(C)C.CO[Se](=O)C(C)C.CS[Se](=O)C(C)C.C[Se][Se](=O)C(C)C. The van der Waals surface area contributed by atoms with Crippen LogP contribution in [0, 0.1) is 0 Å². The fourth-order valence-corrected chi connectivity index (χ4v) is 12.6. The Labute approximate surface area is 255 Å². The number of hydrogen-bond donors (Lipinski definition) is 1. The van der Waals surface area contributed by atoms with Crippen molar-refractivity contribution in [2.45, 2.75) is 111 Å². The van der Waals surface area contributed by atoms with E-state index in [0.29, 0.717) is 34.5 Å². The van der Waals surface area contributed by atoms with E-state index in [4.69, 9.17) is 0 Å². The molecule has 232 valence electrons. The second-order valence-electron chi connectivity index (χ2n) is 8.13. The van der Waals surface area contributed by atoms with Gasteiger partial charge >= 0.3 is 257 Å². The van der Waals surface area contributed by atoms with Crippen LogP contribution in [0.2, 0.25) is 29.9 Å². The molecule has 0 bridgehead atoms. The van der Waals surface area contributed by atoms with E-state index in [1.807, 2.05) is 67.5 Å². The van der Waals surface area contributed by atoms with E-state index in [-0.39, 0.29) is 9.63 Å². The van der Waals surface area contributed by atoms with Gasteiger partial charge in [-0.05, 0) is 0 Å². The summed E-state index contributed by atoms with van der Waals surface area (Å²) >= 11 is -8.82. The average Bonchev–Trinajstić information content (AvgIpc) is 2.81. The van der Waals surface area contributed by atoms with Crippen LogP contribution in [0.4, 0.5) is 8.78 Å². The maximum atomic E-state index is 12.1. The number of halogens is 2. The van der Waals surface area contributed by atoms with Crippen molar-refractivity contribution in [2.24, 2.45) is 0 Å². The van der Waals surface area contributed by atoms with E-state index in [2.05, 4.69) is 8.15 Å². The van der Waals surface area contributed by atoms with Gasteiger partial charge in [-0.15, -0.1) is 0 Å². The van der Waals surface area contributed by atoms with Gasteiger partial charge in [0.25, 0.3) is 0 Å². The van der Waals surface area contributed by atoms with Crippen molar-refractivity contribution in [3.05, 3.63) is 0 Å². The Morgan fingerprint density at radius 2 is 1.19 bits per heavy atom. The van der Waals surface area contributed by atoms with E-state index in [1.54, 1.807) is 20.9 Å². The van der Waals surface area contributed by atoms with E-state index in [9.17, 15) is 28.0 Å². The molecule has 7 nitrogen and oxygen atoms in total. The molecular weight excluding hydrogens is 906 g/mol. The molecule has 1 N–H and O–H groups in total. The van der Waals surface area contributed by atoms with Crippen LogP contribution in [0.1, 0.15) is 76.2 Å². The molecule has 0 spiro atoms. The molecule has 37 heavy (non-hydrogen) atoms. The van der Waals surface area contributed by atoms with Crippen LogP contribution in [-0.2, 0) is 23.0 Å². The van der Waals surface area contributed by atoms with Crippen molar-refractivity contribution in [3.63, 3.8) is 0 Å². The molecule has 0 radical (unpaired) electrons. The molecule has 0 aliphatic heterocycles. The summed E-state index contributed by atoms with van der Waals surface area (Å²) in [6, 6.07) is 0. The third kappa shape index (κ3) is 38.2. The zero-order valence-corrected chi connectivity index (χ0v) is 36.0. The Hall–Kier alpha value is 2.25. The molecule has 0 heterocycles. The molecule has 16 heteroatoms. The summed E-state index contributed by atoms with van der Waals surface area (Å²) < 4.78 is 84.7. The van der Waals surface area contributed by atoms with Gasteiger partial charge in [-0.2, -0.15) is 0 Å². The van der Waals surface area contributed by atoms with E-state index in [1.165, 1.54) is 17.3 Å². The van der Waals surface area contributed by atoms with Crippen LogP contribution in [0.15, 0.2) is 0 Å². The first kappa shape index (κ1) is 49.0. The van der Waals surface area contributed by atoms with Crippen LogP contribution < -0.4 is 4.33 Å². The summed E-state index contributed by atoms with van der Waals surface area (Å²) in [5, 5.41) is 0. The quantitative estimate of drug-likeness (QED) is 0.257. The van der Waals surface area contributed by atoms with E-state index < -0.39 is 71.6 Å². The molecule has 0 aliphatic rings. The number of alkyl halides is 2. The average molecular weight is 957 g/mol. The fourth-order valence-electron chi connectivity index (χ4n) is 1.23. The first-order chi connectivity index (χ1) is 16.6. The predicted molar refractivity (Wildman–Crippen MR) is 160 cm³/mol. The molecule has 0 aromatic heterocycles. The number of hydrogen-bond acceptors (Lipinski definition) is 7. The summed E-state index contributed by atoms with van der Waals surface area (Å²) in [5.41, 5.74) is 0. The van der Waals surface area contributed by atoms with Crippen LogP contribution in [0.5, 0.6) is 0 Å². The van der Waals surface area contributed by atoms with Gasteiger partial charge in [0.2, 0.25) is 0 Å². The molecule has 0 amide bonds. The minimum absolute atomic E-state index is 0.213. The van der Waals surface area contributed by atoms with Crippen LogP contribution >= 0.6 is 10.2 Å². The van der Waals surface area contributed by atoms with Crippen molar-refractivity contribution in [2.75, 3.05) is 20.4 Å². The van der Waals surface area contributed by atoms with Gasteiger partial charge in [0.15, 0.2) is 0 Å². The van der Waals surface area contributed by atoms with Gasteiger partial charge in [0.1, 0.15) is 0 Å². The Balaban J connectivity index is -0.000000116. The second kappa shape index (κ2) is 29.7. The molecule has 0 fully saturated rings. The summed E-state index contributed by atoms with van der Waals surface area (Å²) in [6.45, 7) is 19.5. The molecule has 0 aromatic rings. The summed E-state index contributed by atoms with van der Waals surface area (Å²) in [6.07, 6.45) is 1.90. The number of nitrogens with one attached hydrogen (secondary N) is 1. The Morgan fingerprint density at radius 3 is 1.19 bits per heavy atom. The van der Waals surface area contributed by atoms with Crippen molar-refractivity contribution >= 4 is 90.1 Å². The van der Waals surface area contributed by atoms with Crippen molar-refractivity contribution in [1.82, 2.24) is 4.33 Å². The monoisotopic (exact) mass is 963 g/mol. The zero-order valence-electron chi connectivity index (χ0n) is 24.9. The molecule has 0 saturated heterocycles. The van der Waals surface area contributed by atoms with Crippen LogP contribution in [0.3, 0.4) is 0 Å². The molecule has 0 saturated carbocycles. The predicted octanol–water partition coefficient (Wildman–Crippen LogP) is 6.25. The van der Waals surface area contributed by atoms with Crippen molar-refractivity contribution in [1.29, 1.82) is 0 Å². The molecule has 5 atom stereocenters. The third-order valence-electron chi connectivity index (χ3n) is 3.06. The summed E-state index contributed by atoms with van der Waals surface area (Å²) in [4.78, 5) is -1.92. The normalized spacial score (nSPS) is 15.2. The second-order valence-corrected chi connectivity index (χ2v) is 38.9. The third-order valence-corrected chi connectivity index (χ3v) is 27.4. The van der Waals surface area contributed by atoms with E-state index in [0.717, 1.165) is 0 Å². The minimum atomic E-state index is -2.95. The Bertz CT molecular complexity index is 584. The fraction of sp³-hybridized carbons (Fsp3) is 1.00. The number of rotatable bonds is 10. The first-order valence-corrected chi connectivity index (χ1v) is 31.4. The van der Waals surface area contributed by atoms with Crippen LogP contribution in [-0.4, -0.2) is 105 Å². The first-order valence-electron chi connectivity index (χ1n) is 11.3. The molecule has 5 unspecified atom stereocenters. The summed E-state index contributed by atoms with van der Waals surface area (Å²) in [5.74, 6) is 2.05.